The van der Waals surface area contributed by atoms with Crippen LogP contribution in [-0.2, 0) is 0 Å². The molecule has 5 heteroatoms. The second-order valence-corrected chi connectivity index (χ2v) is 0.447. The molecule has 0 unspecified atom stereocenters. The van der Waals surface area contributed by atoms with E-state index in [2.05, 4.69) is 0 Å². The van der Waals surface area contributed by atoms with Crippen molar-refractivity contribution < 1.29 is 26.6 Å². The molecule has 0 atom stereocenters. The van der Waals surface area contributed by atoms with E-state index < -0.39 is 0 Å². The fourth-order valence-electron chi connectivity index (χ4n) is 0. The van der Waals surface area contributed by atoms with Crippen molar-refractivity contribution in [2.24, 2.45) is 0 Å². The minimum absolute atomic E-state index is 0. The summed E-state index contributed by atoms with van der Waals surface area (Å²) in [7, 11) is 0. The quantitative estimate of drug-likeness (QED) is 0.367. The first-order valence-electron chi connectivity index (χ1n) is 1.13. The van der Waals surface area contributed by atoms with Crippen LogP contribution >= 0.6 is 0 Å². The topological polar surface area (TPSA) is 135 Å². The Morgan fingerprint density at radius 3 is 0.857 bits per heavy atom. The van der Waals surface area contributed by atoms with Crippen LogP contribution in [0.5, 0.6) is 0 Å². The van der Waals surface area contributed by atoms with Crippen LogP contribution in [0.1, 0.15) is 0 Å². The second kappa shape index (κ2) is 41.2. The van der Waals surface area contributed by atoms with Gasteiger partial charge in [-0.05, 0) is 0 Å². The van der Waals surface area contributed by atoms with Crippen molar-refractivity contribution in [3.8, 4) is 0 Å². The largest absolute Gasteiger partial charge is 0.412 e. The molecule has 0 aliphatic carbocycles. The summed E-state index contributed by atoms with van der Waals surface area (Å²) in [6.45, 7) is -0.250. The van der Waals surface area contributed by atoms with Gasteiger partial charge in [0.15, 0.2) is 0 Å². The van der Waals surface area contributed by atoms with Gasteiger partial charge in [0.2, 0.25) is 0 Å². The summed E-state index contributed by atoms with van der Waals surface area (Å²) in [6.07, 6.45) is 0. The summed E-state index contributed by atoms with van der Waals surface area (Å²) in [5, 5.41) is 15.2. The van der Waals surface area contributed by atoms with E-state index in [0.29, 0.717) is 0 Å². The van der Waals surface area contributed by atoms with Crippen LogP contribution in [0.15, 0.2) is 0 Å². The summed E-state index contributed by atoms with van der Waals surface area (Å²) < 4.78 is 0. The number of aliphatic hydroxyl groups excluding tert-OH is 2. The van der Waals surface area contributed by atoms with Gasteiger partial charge in [-0.2, -0.15) is 0 Å². The van der Waals surface area contributed by atoms with Crippen LogP contribution in [0.4, 0.5) is 0 Å². The van der Waals surface area contributed by atoms with Gasteiger partial charge in [0.05, 0.1) is 13.2 Å². The average Bonchev–Trinajstić information content (AvgIpc) is 1.37. The molecule has 0 saturated carbocycles. The molecule has 0 aliphatic heterocycles. The standard InChI is InChI=1S/C2H6O2.3H2O/c3-1-2-4;;;/h3-4H,1-2H2;3*1H2. The van der Waals surface area contributed by atoms with E-state index in [4.69, 9.17) is 10.2 Å². The van der Waals surface area contributed by atoms with Crippen molar-refractivity contribution in [2.75, 3.05) is 13.2 Å². The zero-order valence-corrected chi connectivity index (χ0v) is 3.81. The van der Waals surface area contributed by atoms with Crippen LogP contribution < -0.4 is 0 Å². The maximum absolute atomic E-state index is 7.62. The van der Waals surface area contributed by atoms with Gasteiger partial charge in [0.25, 0.3) is 0 Å². The predicted molar refractivity (Wildman–Crippen MR) is 25.0 cm³/mol. The van der Waals surface area contributed by atoms with Gasteiger partial charge in [-0.3, -0.25) is 0 Å². The highest BCUT2D eigenvalue weighted by Crippen LogP contribution is 1.39. The molecule has 0 fully saturated rings. The molecule has 0 aliphatic rings. The first-order chi connectivity index (χ1) is 1.91. The maximum Gasteiger partial charge on any atom is 0.0662 e. The lowest BCUT2D eigenvalue weighted by Crippen LogP contribution is -1.85. The molecule has 0 aromatic carbocycles. The Kier molecular flexibility index (Phi) is 172. The summed E-state index contributed by atoms with van der Waals surface area (Å²) in [6, 6.07) is 0. The molecule has 8 N–H and O–H groups in total. The number of hydrogen-bond acceptors (Lipinski definition) is 2. The lowest BCUT2D eigenvalue weighted by molar-refractivity contribution is 0.186. The molecular formula is C2H12O5. The van der Waals surface area contributed by atoms with Gasteiger partial charge in [-0.25, -0.2) is 0 Å². The van der Waals surface area contributed by atoms with Crippen LogP contribution in [0, 0.1) is 0 Å². The molecule has 0 bridgehead atoms. The van der Waals surface area contributed by atoms with E-state index in [9.17, 15) is 0 Å². The van der Waals surface area contributed by atoms with E-state index in [1.54, 1.807) is 0 Å². The molecular weight excluding hydrogens is 104 g/mol. The Labute approximate surface area is 41.1 Å². The van der Waals surface area contributed by atoms with E-state index in [1.807, 2.05) is 0 Å². The van der Waals surface area contributed by atoms with E-state index in [0.717, 1.165) is 0 Å². The molecule has 5 nitrogen and oxygen atoms in total. The molecule has 0 saturated heterocycles. The van der Waals surface area contributed by atoms with Crippen molar-refractivity contribution in [1.29, 1.82) is 0 Å². The highest BCUT2D eigenvalue weighted by atomic mass is 16.3. The molecule has 0 radical (unpaired) electrons. The van der Waals surface area contributed by atoms with Gasteiger partial charge >= 0.3 is 0 Å². The highest BCUT2D eigenvalue weighted by Gasteiger charge is 1.58. The lowest BCUT2D eigenvalue weighted by Gasteiger charge is -1.70. The maximum atomic E-state index is 7.62. The molecule has 0 spiro atoms. The molecule has 0 amide bonds. The van der Waals surface area contributed by atoms with Gasteiger partial charge < -0.3 is 26.6 Å². The minimum atomic E-state index is -0.125. The smallest absolute Gasteiger partial charge is 0.0662 e. The van der Waals surface area contributed by atoms with Gasteiger partial charge in [-0.15, -0.1) is 0 Å². The van der Waals surface area contributed by atoms with Gasteiger partial charge in [0.1, 0.15) is 0 Å². The average molecular weight is 116 g/mol. The van der Waals surface area contributed by atoms with Crippen LogP contribution in [-0.4, -0.2) is 39.9 Å². The van der Waals surface area contributed by atoms with E-state index in [1.165, 1.54) is 0 Å². The Morgan fingerprint density at radius 1 is 0.714 bits per heavy atom. The monoisotopic (exact) mass is 116 g/mol. The van der Waals surface area contributed by atoms with E-state index >= 15 is 0 Å². The van der Waals surface area contributed by atoms with E-state index in [-0.39, 0.29) is 29.6 Å². The van der Waals surface area contributed by atoms with Crippen molar-refractivity contribution in [1.82, 2.24) is 0 Å². The molecule has 0 aromatic heterocycles. The summed E-state index contributed by atoms with van der Waals surface area (Å²) in [5.41, 5.74) is 0. The predicted octanol–water partition coefficient (Wildman–Crippen LogP) is -3.50. The third-order valence-corrected chi connectivity index (χ3v) is 0.1000. The second-order valence-electron chi connectivity index (χ2n) is 0.447. The highest BCUT2D eigenvalue weighted by molar-refractivity contribution is 4.06. The first kappa shape index (κ1) is 29.2. The third-order valence-electron chi connectivity index (χ3n) is 0.1000. The normalized spacial score (nSPS) is 4.29. The fraction of sp³-hybridized carbons (Fsp3) is 1.00. The Balaban J connectivity index is -0.0000000150. The Hall–Kier alpha value is -0.200. The molecule has 50 valence electrons. The molecule has 7 heavy (non-hydrogen) atoms. The van der Waals surface area contributed by atoms with Crippen LogP contribution in [0.2, 0.25) is 0 Å². The number of aliphatic hydroxyl groups is 2. The zero-order valence-electron chi connectivity index (χ0n) is 3.81. The van der Waals surface area contributed by atoms with Crippen molar-refractivity contribution in [3.63, 3.8) is 0 Å². The number of rotatable bonds is 1. The molecule has 0 aromatic rings. The Bertz CT molecular complexity index is 8.04. The third kappa shape index (κ3) is 131. The van der Waals surface area contributed by atoms with Crippen LogP contribution in [0.25, 0.3) is 0 Å². The van der Waals surface area contributed by atoms with Crippen molar-refractivity contribution in [3.05, 3.63) is 0 Å². The Morgan fingerprint density at radius 2 is 0.857 bits per heavy atom. The minimum Gasteiger partial charge on any atom is -0.412 e. The first-order valence-corrected chi connectivity index (χ1v) is 1.13. The van der Waals surface area contributed by atoms with Gasteiger partial charge in [0, 0.05) is 0 Å². The van der Waals surface area contributed by atoms with Crippen LogP contribution in [0.3, 0.4) is 0 Å². The summed E-state index contributed by atoms with van der Waals surface area (Å²) in [4.78, 5) is 0. The fourth-order valence-corrected chi connectivity index (χ4v) is 0. The molecule has 0 heterocycles. The summed E-state index contributed by atoms with van der Waals surface area (Å²) in [5.74, 6) is 0. The summed E-state index contributed by atoms with van der Waals surface area (Å²) >= 11 is 0. The lowest BCUT2D eigenvalue weighted by atomic mass is 10.8. The van der Waals surface area contributed by atoms with Crippen molar-refractivity contribution in [2.45, 2.75) is 0 Å². The SMILES string of the molecule is O.O.O.OCCO. The number of hydrogen-bond donors (Lipinski definition) is 2. The van der Waals surface area contributed by atoms with Crippen molar-refractivity contribution >= 4 is 0 Å². The molecule has 0 rings (SSSR count). The zero-order chi connectivity index (χ0) is 3.41. The van der Waals surface area contributed by atoms with Gasteiger partial charge in [-0.1, -0.05) is 0 Å².